The van der Waals surface area contributed by atoms with Gasteiger partial charge >= 0.3 is 0 Å². The third-order valence-corrected chi connectivity index (χ3v) is 2.20. The van der Waals surface area contributed by atoms with Crippen LogP contribution in [0, 0.1) is 0 Å². The zero-order valence-electron chi connectivity index (χ0n) is 9.49. The molecule has 0 unspecified atom stereocenters. The smallest absolute Gasteiger partial charge is 0.253 e. The molecular weight excluding hydrogens is 222 g/mol. The van der Waals surface area contributed by atoms with Gasteiger partial charge in [0, 0.05) is 25.7 Å². The zero-order chi connectivity index (χ0) is 12.8. The van der Waals surface area contributed by atoms with Gasteiger partial charge in [0.1, 0.15) is 5.75 Å². The SMILES string of the molecule is CNC(=O)CCNC(=O)c1cc(O)ccc1N. The fourth-order valence-electron chi connectivity index (χ4n) is 1.25. The fraction of sp³-hybridized carbons (Fsp3) is 0.273. The van der Waals surface area contributed by atoms with Gasteiger partial charge in [-0.25, -0.2) is 0 Å². The number of hydrogen-bond donors (Lipinski definition) is 4. The molecule has 0 saturated carbocycles. The van der Waals surface area contributed by atoms with Crippen molar-refractivity contribution in [3.05, 3.63) is 23.8 Å². The van der Waals surface area contributed by atoms with Gasteiger partial charge in [-0.1, -0.05) is 0 Å². The number of amides is 2. The molecule has 6 nitrogen and oxygen atoms in total. The van der Waals surface area contributed by atoms with Gasteiger partial charge in [0.2, 0.25) is 5.91 Å². The van der Waals surface area contributed by atoms with Gasteiger partial charge in [0.25, 0.3) is 5.91 Å². The number of phenolic OH excluding ortho intramolecular Hbond substituents is 1. The lowest BCUT2D eigenvalue weighted by atomic mass is 10.1. The van der Waals surface area contributed by atoms with E-state index in [-0.39, 0.29) is 35.9 Å². The number of nitrogens with two attached hydrogens (primary N) is 1. The molecule has 0 aliphatic carbocycles. The third kappa shape index (κ3) is 3.67. The van der Waals surface area contributed by atoms with E-state index in [0.29, 0.717) is 0 Å². The molecule has 17 heavy (non-hydrogen) atoms. The Morgan fingerprint density at radius 2 is 2.12 bits per heavy atom. The molecule has 0 aromatic heterocycles. The van der Waals surface area contributed by atoms with Crippen LogP contribution in [0.3, 0.4) is 0 Å². The summed E-state index contributed by atoms with van der Waals surface area (Å²) < 4.78 is 0. The van der Waals surface area contributed by atoms with Crippen LogP contribution < -0.4 is 16.4 Å². The summed E-state index contributed by atoms with van der Waals surface area (Å²) in [7, 11) is 1.53. The Bertz CT molecular complexity index is 432. The number of anilines is 1. The molecule has 0 fully saturated rings. The number of carbonyl (C=O) groups is 2. The maximum Gasteiger partial charge on any atom is 0.253 e. The van der Waals surface area contributed by atoms with Crippen molar-refractivity contribution in [2.45, 2.75) is 6.42 Å². The van der Waals surface area contributed by atoms with E-state index in [1.165, 1.54) is 25.2 Å². The molecule has 0 aliphatic heterocycles. The van der Waals surface area contributed by atoms with E-state index >= 15 is 0 Å². The molecule has 0 heterocycles. The summed E-state index contributed by atoms with van der Waals surface area (Å²) in [6, 6.07) is 4.13. The van der Waals surface area contributed by atoms with Gasteiger partial charge in [-0.15, -0.1) is 0 Å². The quantitative estimate of drug-likeness (QED) is 0.431. The predicted molar refractivity (Wildman–Crippen MR) is 63.5 cm³/mol. The van der Waals surface area contributed by atoms with Crippen molar-refractivity contribution >= 4 is 17.5 Å². The van der Waals surface area contributed by atoms with Crippen LogP contribution in [-0.4, -0.2) is 30.5 Å². The molecule has 6 heteroatoms. The highest BCUT2D eigenvalue weighted by atomic mass is 16.3. The minimum absolute atomic E-state index is 0.0318. The first kappa shape index (κ1) is 12.8. The number of aromatic hydroxyl groups is 1. The van der Waals surface area contributed by atoms with Crippen molar-refractivity contribution in [3.8, 4) is 5.75 Å². The van der Waals surface area contributed by atoms with Gasteiger partial charge < -0.3 is 21.5 Å². The number of carbonyl (C=O) groups excluding carboxylic acids is 2. The average Bonchev–Trinajstić information content (AvgIpc) is 2.31. The summed E-state index contributed by atoms with van der Waals surface area (Å²) >= 11 is 0. The fourth-order valence-corrected chi connectivity index (χ4v) is 1.25. The van der Waals surface area contributed by atoms with Crippen LogP contribution in [0.4, 0.5) is 5.69 Å². The van der Waals surface area contributed by atoms with Crippen molar-refractivity contribution in [1.29, 1.82) is 0 Å². The van der Waals surface area contributed by atoms with Gasteiger partial charge in [-0.2, -0.15) is 0 Å². The van der Waals surface area contributed by atoms with Crippen LogP contribution in [0.2, 0.25) is 0 Å². The highest BCUT2D eigenvalue weighted by Crippen LogP contribution is 2.17. The first-order valence-corrected chi connectivity index (χ1v) is 5.12. The molecule has 5 N–H and O–H groups in total. The minimum Gasteiger partial charge on any atom is -0.508 e. The van der Waals surface area contributed by atoms with E-state index in [9.17, 15) is 14.7 Å². The lowest BCUT2D eigenvalue weighted by Gasteiger charge is -2.07. The van der Waals surface area contributed by atoms with Crippen LogP contribution in [-0.2, 0) is 4.79 Å². The van der Waals surface area contributed by atoms with Crippen LogP contribution >= 0.6 is 0 Å². The summed E-state index contributed by atoms with van der Waals surface area (Å²) in [5.41, 5.74) is 6.07. The maximum absolute atomic E-state index is 11.7. The Morgan fingerprint density at radius 1 is 1.41 bits per heavy atom. The number of phenols is 1. The molecule has 0 saturated heterocycles. The Morgan fingerprint density at radius 3 is 2.76 bits per heavy atom. The highest BCUT2D eigenvalue weighted by Gasteiger charge is 2.10. The Kier molecular flexibility index (Phi) is 4.33. The van der Waals surface area contributed by atoms with E-state index in [1.807, 2.05) is 0 Å². The van der Waals surface area contributed by atoms with Crippen molar-refractivity contribution in [2.24, 2.45) is 0 Å². The number of rotatable bonds is 4. The highest BCUT2D eigenvalue weighted by molar-refractivity contribution is 5.99. The zero-order valence-corrected chi connectivity index (χ0v) is 9.49. The van der Waals surface area contributed by atoms with Crippen LogP contribution in [0.5, 0.6) is 5.75 Å². The topological polar surface area (TPSA) is 104 Å². The van der Waals surface area contributed by atoms with Crippen molar-refractivity contribution < 1.29 is 14.7 Å². The van der Waals surface area contributed by atoms with Crippen molar-refractivity contribution in [3.63, 3.8) is 0 Å². The number of hydrogen-bond acceptors (Lipinski definition) is 4. The van der Waals surface area contributed by atoms with E-state index < -0.39 is 5.91 Å². The summed E-state index contributed by atoms with van der Waals surface area (Å²) in [6.45, 7) is 0.216. The van der Waals surface area contributed by atoms with E-state index in [0.717, 1.165) is 0 Å². The number of nitrogens with one attached hydrogen (secondary N) is 2. The molecule has 0 bridgehead atoms. The summed E-state index contributed by atoms with van der Waals surface area (Å²) in [5.74, 6) is -0.605. The maximum atomic E-state index is 11.7. The molecule has 2 amide bonds. The minimum atomic E-state index is -0.415. The predicted octanol–water partition coefficient (Wildman–Crippen LogP) is -0.160. The lowest BCUT2D eigenvalue weighted by Crippen LogP contribution is -2.29. The molecule has 92 valence electrons. The second-order valence-corrected chi connectivity index (χ2v) is 3.45. The lowest BCUT2D eigenvalue weighted by molar-refractivity contribution is -0.120. The number of nitrogen functional groups attached to an aromatic ring is 1. The molecular formula is C11H15N3O3. The Balaban J connectivity index is 2.58. The average molecular weight is 237 g/mol. The Labute approximate surface area is 98.8 Å². The normalized spacial score (nSPS) is 9.71. The van der Waals surface area contributed by atoms with Gasteiger partial charge in [-0.05, 0) is 18.2 Å². The molecule has 1 rings (SSSR count). The largest absolute Gasteiger partial charge is 0.508 e. The summed E-state index contributed by atoms with van der Waals surface area (Å²) in [4.78, 5) is 22.6. The van der Waals surface area contributed by atoms with E-state index in [1.54, 1.807) is 0 Å². The van der Waals surface area contributed by atoms with Crippen molar-refractivity contribution in [2.75, 3.05) is 19.3 Å². The second-order valence-electron chi connectivity index (χ2n) is 3.45. The van der Waals surface area contributed by atoms with E-state index in [4.69, 9.17) is 5.73 Å². The van der Waals surface area contributed by atoms with E-state index in [2.05, 4.69) is 10.6 Å². The van der Waals surface area contributed by atoms with Crippen LogP contribution in [0.25, 0.3) is 0 Å². The molecule has 0 radical (unpaired) electrons. The Hall–Kier alpha value is -2.24. The van der Waals surface area contributed by atoms with Gasteiger partial charge in [0.05, 0.1) is 5.56 Å². The standard InChI is InChI=1S/C11H15N3O3/c1-13-10(16)4-5-14-11(17)8-6-7(15)2-3-9(8)12/h2-3,6,15H,4-5,12H2,1H3,(H,13,16)(H,14,17). The second kappa shape index (κ2) is 5.74. The first-order valence-electron chi connectivity index (χ1n) is 5.12. The molecule has 1 aromatic rings. The third-order valence-electron chi connectivity index (χ3n) is 2.20. The molecule has 0 aliphatic rings. The first-order chi connectivity index (χ1) is 8.04. The summed E-state index contributed by atoms with van der Waals surface area (Å²) in [6.07, 6.45) is 0.195. The monoisotopic (exact) mass is 237 g/mol. The summed E-state index contributed by atoms with van der Waals surface area (Å²) in [5, 5.41) is 14.2. The van der Waals surface area contributed by atoms with Crippen LogP contribution in [0.1, 0.15) is 16.8 Å². The van der Waals surface area contributed by atoms with Gasteiger partial charge in [0.15, 0.2) is 0 Å². The van der Waals surface area contributed by atoms with Gasteiger partial charge in [-0.3, -0.25) is 9.59 Å². The van der Waals surface area contributed by atoms with Crippen LogP contribution in [0.15, 0.2) is 18.2 Å². The van der Waals surface area contributed by atoms with Crippen molar-refractivity contribution in [1.82, 2.24) is 10.6 Å². The molecule has 0 atom stereocenters. The molecule has 0 spiro atoms. The molecule has 1 aromatic carbocycles. The number of benzene rings is 1.